The fourth-order valence-corrected chi connectivity index (χ4v) is 6.70. The first-order valence-corrected chi connectivity index (χ1v) is 12.4. The van der Waals surface area contributed by atoms with Crippen LogP contribution in [0.5, 0.6) is 5.88 Å². The number of aliphatic carboxylic acids is 1. The number of nitrogens with one attached hydrogen (secondary N) is 1. The number of esters is 1. The Labute approximate surface area is 207 Å². The SMILES string of the molecule is Nc1nc(/C(=N/OCc2cc(O)no2)C(=O)N[C@@H]2C(=O)N3[C@@H]2[S+]([O-])C[C@@H]2CC(=O)O[C@@]23C(=O)O)cs1. The molecule has 3 aliphatic rings. The molecule has 0 aromatic carbocycles. The largest absolute Gasteiger partial charge is 0.615 e. The Kier molecular flexibility index (Phi) is 5.72. The van der Waals surface area contributed by atoms with Crippen molar-refractivity contribution in [1.82, 2.24) is 20.4 Å². The number of carbonyl (C=O) groups is 4. The Morgan fingerprint density at radius 3 is 2.89 bits per heavy atom. The number of carboxylic acid groups (broad SMARTS) is 1. The summed E-state index contributed by atoms with van der Waals surface area (Å²) in [5, 5.41) is 28.7. The van der Waals surface area contributed by atoms with E-state index in [2.05, 4.69) is 20.6 Å². The van der Waals surface area contributed by atoms with Gasteiger partial charge in [-0.25, -0.2) is 14.7 Å². The molecule has 5 rings (SSSR count). The molecule has 36 heavy (non-hydrogen) atoms. The molecule has 1 unspecified atom stereocenters. The molecule has 2 aromatic rings. The number of nitrogens with two attached hydrogens (primary N) is 1. The van der Waals surface area contributed by atoms with E-state index in [4.69, 9.17) is 19.8 Å². The number of ether oxygens (including phenoxy) is 1. The van der Waals surface area contributed by atoms with E-state index in [-0.39, 0.29) is 41.2 Å². The summed E-state index contributed by atoms with van der Waals surface area (Å²) in [4.78, 5) is 59.8. The molecular weight excluding hydrogens is 524 g/mol. The summed E-state index contributed by atoms with van der Waals surface area (Å²) in [5.41, 5.74) is 2.98. The van der Waals surface area contributed by atoms with Crippen molar-refractivity contribution in [3.63, 3.8) is 0 Å². The standard InChI is InChI=1S/C18H16N6O10S2/c19-17-20-8(4-35-17)11(23-32-3-7-2-9(25)22-34-7)13(27)21-12-14(28)24-15(12)36(31)5-6-1-10(26)33-18(6,24)16(29)30/h2,4,6,12,15H,1,3,5H2,(H2,19,20)(H,21,27)(H,22,25)(H,29,30)/b23-11-/t6-,12+,15+,18+,36?/m0/s1. The Balaban J connectivity index is 1.37. The lowest BCUT2D eigenvalue weighted by atomic mass is 9.89. The van der Waals surface area contributed by atoms with Crippen LogP contribution < -0.4 is 11.1 Å². The average Bonchev–Trinajstić information content (AvgIpc) is 3.51. The van der Waals surface area contributed by atoms with Crippen LogP contribution in [-0.4, -0.2) is 82.2 Å². The Hall–Kier alpha value is -3.90. The molecule has 0 aliphatic carbocycles. The van der Waals surface area contributed by atoms with Crippen molar-refractivity contribution in [3.8, 4) is 5.88 Å². The number of nitrogen functional groups attached to an aromatic ring is 1. The molecule has 0 spiro atoms. The molecule has 0 radical (unpaired) electrons. The first-order valence-electron chi connectivity index (χ1n) is 10.1. The van der Waals surface area contributed by atoms with E-state index in [1.54, 1.807) is 0 Å². The molecule has 3 saturated heterocycles. The number of nitrogens with zero attached hydrogens (tertiary/aromatic N) is 4. The summed E-state index contributed by atoms with van der Waals surface area (Å²) >= 11 is -0.792. The normalized spacial score (nSPS) is 29.1. The molecule has 3 fully saturated rings. The number of β-lactam (4-membered cyclic amide) rings is 1. The fourth-order valence-electron chi connectivity index (χ4n) is 4.23. The zero-order chi connectivity index (χ0) is 25.8. The Morgan fingerprint density at radius 1 is 1.47 bits per heavy atom. The van der Waals surface area contributed by atoms with Crippen LogP contribution in [0, 0.1) is 5.92 Å². The van der Waals surface area contributed by atoms with Crippen LogP contribution in [0.1, 0.15) is 17.9 Å². The van der Waals surface area contributed by atoms with Gasteiger partial charge in [0.1, 0.15) is 11.4 Å². The first-order chi connectivity index (χ1) is 17.1. The topological polar surface area (TPSA) is 243 Å². The molecular formula is C18H16N6O10S2. The summed E-state index contributed by atoms with van der Waals surface area (Å²) in [6.45, 7) is -0.319. The highest BCUT2D eigenvalue weighted by Crippen LogP contribution is 2.48. The highest BCUT2D eigenvalue weighted by molar-refractivity contribution is 7.92. The molecule has 5 N–H and O–H groups in total. The zero-order valence-electron chi connectivity index (χ0n) is 17.9. The van der Waals surface area contributed by atoms with Gasteiger partial charge in [0, 0.05) is 11.4 Å². The van der Waals surface area contributed by atoms with Crippen molar-refractivity contribution in [3.05, 3.63) is 22.9 Å². The van der Waals surface area contributed by atoms with Crippen molar-refractivity contribution in [2.24, 2.45) is 11.1 Å². The van der Waals surface area contributed by atoms with Crippen LogP contribution in [0.4, 0.5) is 5.13 Å². The number of aromatic hydroxyl groups is 1. The molecule has 2 aromatic heterocycles. The molecule has 3 aliphatic heterocycles. The number of hydrogen-bond acceptors (Lipinski definition) is 14. The van der Waals surface area contributed by atoms with Gasteiger partial charge in [0.2, 0.25) is 5.37 Å². The lowest BCUT2D eigenvalue weighted by molar-refractivity contribution is -0.216. The predicted octanol–water partition coefficient (Wildman–Crippen LogP) is -1.90. The third-order valence-corrected chi connectivity index (χ3v) is 8.18. The first kappa shape index (κ1) is 23.8. The van der Waals surface area contributed by atoms with Crippen molar-refractivity contribution in [1.29, 1.82) is 0 Å². The number of oxime groups is 1. The zero-order valence-corrected chi connectivity index (χ0v) is 19.5. The highest BCUT2D eigenvalue weighted by atomic mass is 32.2. The fraction of sp³-hybridized carbons (Fsp3) is 0.389. The summed E-state index contributed by atoms with van der Waals surface area (Å²) in [7, 11) is 0. The van der Waals surface area contributed by atoms with E-state index in [0.29, 0.717) is 0 Å². The second-order valence-corrected chi connectivity index (χ2v) is 10.4. The maximum Gasteiger partial charge on any atom is 0.371 e. The third-order valence-electron chi connectivity index (χ3n) is 5.75. The summed E-state index contributed by atoms with van der Waals surface area (Å²) in [5.74, 6) is -5.72. The lowest BCUT2D eigenvalue weighted by Gasteiger charge is -2.55. The van der Waals surface area contributed by atoms with Gasteiger partial charge in [-0.1, -0.05) is 5.16 Å². The molecule has 190 valence electrons. The summed E-state index contributed by atoms with van der Waals surface area (Å²) in [6.07, 6.45) is -0.298. The van der Waals surface area contributed by atoms with Gasteiger partial charge in [0.25, 0.3) is 23.4 Å². The van der Waals surface area contributed by atoms with Gasteiger partial charge in [0.05, 0.1) is 12.3 Å². The van der Waals surface area contributed by atoms with Crippen molar-refractivity contribution < 1.29 is 48.0 Å². The smallest absolute Gasteiger partial charge is 0.371 e. The van der Waals surface area contributed by atoms with Gasteiger partial charge in [-0.15, -0.1) is 11.3 Å². The lowest BCUT2D eigenvalue weighted by Crippen LogP contribution is -2.84. The number of carboxylic acids is 1. The number of hydrogen-bond donors (Lipinski definition) is 4. The monoisotopic (exact) mass is 540 g/mol. The van der Waals surface area contributed by atoms with Crippen LogP contribution in [0.2, 0.25) is 0 Å². The maximum atomic E-state index is 13.1. The van der Waals surface area contributed by atoms with Gasteiger partial charge in [-0.05, 0) is 16.3 Å². The predicted molar refractivity (Wildman–Crippen MR) is 116 cm³/mol. The molecule has 0 saturated carbocycles. The van der Waals surface area contributed by atoms with Crippen LogP contribution in [0.15, 0.2) is 21.1 Å². The van der Waals surface area contributed by atoms with Gasteiger partial charge in [0.15, 0.2) is 29.3 Å². The summed E-state index contributed by atoms with van der Waals surface area (Å²) < 4.78 is 22.7. The van der Waals surface area contributed by atoms with Crippen LogP contribution in [-0.2, 0) is 46.5 Å². The number of aromatic nitrogens is 2. The second-order valence-electron chi connectivity index (χ2n) is 7.91. The third kappa shape index (κ3) is 3.69. The van der Waals surface area contributed by atoms with E-state index in [0.717, 1.165) is 22.3 Å². The van der Waals surface area contributed by atoms with Gasteiger partial charge < -0.3 is 39.9 Å². The quantitative estimate of drug-likeness (QED) is 0.0987. The minimum absolute atomic E-state index is 0.00982. The average molecular weight is 540 g/mol. The Morgan fingerprint density at radius 2 is 2.25 bits per heavy atom. The molecule has 2 amide bonds. The van der Waals surface area contributed by atoms with Crippen LogP contribution in [0.3, 0.4) is 0 Å². The number of fused-ring (bicyclic) bond motifs is 3. The molecule has 18 heteroatoms. The van der Waals surface area contributed by atoms with E-state index in [1.165, 1.54) is 5.38 Å². The van der Waals surface area contributed by atoms with Gasteiger partial charge in [-0.2, -0.15) is 0 Å². The number of rotatable bonds is 7. The minimum atomic E-state index is -2.28. The van der Waals surface area contributed by atoms with Crippen LogP contribution in [0.25, 0.3) is 0 Å². The highest BCUT2D eigenvalue weighted by Gasteiger charge is 2.76. The Bertz CT molecular complexity index is 1290. The molecule has 5 heterocycles. The number of carbonyl (C=O) groups excluding carboxylic acids is 3. The molecule has 5 atom stereocenters. The summed E-state index contributed by atoms with van der Waals surface area (Å²) in [6, 6.07) is -0.223. The van der Waals surface area contributed by atoms with Crippen molar-refractivity contribution >= 4 is 57.1 Å². The van der Waals surface area contributed by atoms with Gasteiger partial charge >= 0.3 is 11.9 Å². The van der Waals surface area contributed by atoms with Crippen molar-refractivity contribution in [2.75, 3.05) is 11.5 Å². The van der Waals surface area contributed by atoms with Crippen molar-refractivity contribution in [2.45, 2.75) is 30.2 Å². The van der Waals surface area contributed by atoms with Crippen LogP contribution >= 0.6 is 11.3 Å². The molecule has 16 nitrogen and oxygen atoms in total. The van der Waals surface area contributed by atoms with E-state index >= 15 is 0 Å². The number of amides is 2. The number of thiazole rings is 1. The second kappa shape index (κ2) is 8.64. The molecule has 0 bridgehead atoms. The number of anilines is 1. The minimum Gasteiger partial charge on any atom is -0.615 e. The van der Waals surface area contributed by atoms with E-state index < -0.39 is 63.7 Å². The van der Waals surface area contributed by atoms with E-state index in [9.17, 15) is 33.9 Å². The maximum absolute atomic E-state index is 13.1. The van der Waals surface area contributed by atoms with E-state index in [1.807, 2.05) is 0 Å². The van der Waals surface area contributed by atoms with Gasteiger partial charge in [-0.3, -0.25) is 14.4 Å².